The lowest BCUT2D eigenvalue weighted by molar-refractivity contribution is 0.440. The number of hydrogen-bond acceptors (Lipinski definition) is 5. The molecule has 3 heterocycles. The molecule has 0 bridgehead atoms. The van der Waals surface area contributed by atoms with E-state index in [-0.39, 0.29) is 0 Å². The fourth-order valence-corrected chi connectivity index (χ4v) is 2.90. The third kappa shape index (κ3) is 1.70. The molecule has 0 saturated carbocycles. The summed E-state index contributed by atoms with van der Waals surface area (Å²) in [6, 6.07) is 6.56. The molecule has 0 amide bonds. The van der Waals surface area contributed by atoms with Crippen molar-refractivity contribution in [1.82, 2.24) is 24.9 Å². The highest BCUT2D eigenvalue weighted by molar-refractivity contribution is 9.10. The van der Waals surface area contributed by atoms with Crippen molar-refractivity contribution < 1.29 is 0 Å². The summed E-state index contributed by atoms with van der Waals surface area (Å²) in [4.78, 5) is 11.3. The molecule has 0 radical (unpaired) electrons. The SMILES string of the molecule is CNC1CN(c2nc3ccc(Br)cc3c3ncnn23)C1. The number of hydrogen-bond donors (Lipinski definition) is 1. The summed E-state index contributed by atoms with van der Waals surface area (Å²) in [7, 11) is 1.98. The molecule has 1 N–H and O–H groups in total. The molecule has 1 aliphatic heterocycles. The molecule has 7 heteroatoms. The number of rotatable bonds is 2. The van der Waals surface area contributed by atoms with Gasteiger partial charge in [0.05, 0.1) is 5.52 Å². The number of halogens is 1. The molecular weight excluding hydrogens is 320 g/mol. The van der Waals surface area contributed by atoms with Crippen LogP contribution in [0.3, 0.4) is 0 Å². The van der Waals surface area contributed by atoms with Crippen LogP contribution >= 0.6 is 15.9 Å². The summed E-state index contributed by atoms with van der Waals surface area (Å²) >= 11 is 3.49. The van der Waals surface area contributed by atoms with Gasteiger partial charge in [0.1, 0.15) is 6.33 Å². The van der Waals surface area contributed by atoms with Gasteiger partial charge in [-0.3, -0.25) is 0 Å². The summed E-state index contributed by atoms with van der Waals surface area (Å²) in [5.41, 5.74) is 1.79. The van der Waals surface area contributed by atoms with E-state index >= 15 is 0 Å². The molecule has 2 aromatic heterocycles. The zero-order valence-electron chi connectivity index (χ0n) is 10.9. The van der Waals surface area contributed by atoms with Gasteiger partial charge in [0, 0.05) is 29.0 Å². The fourth-order valence-electron chi connectivity index (χ4n) is 2.54. The summed E-state index contributed by atoms with van der Waals surface area (Å²) < 4.78 is 2.84. The van der Waals surface area contributed by atoms with Crippen LogP contribution in [0.15, 0.2) is 29.0 Å². The maximum atomic E-state index is 4.75. The quantitative estimate of drug-likeness (QED) is 0.769. The van der Waals surface area contributed by atoms with Gasteiger partial charge in [0.15, 0.2) is 5.65 Å². The van der Waals surface area contributed by atoms with Gasteiger partial charge in [0.2, 0.25) is 5.95 Å². The van der Waals surface area contributed by atoms with E-state index in [2.05, 4.69) is 36.2 Å². The lowest BCUT2D eigenvalue weighted by Crippen LogP contribution is -2.58. The van der Waals surface area contributed by atoms with Crippen LogP contribution < -0.4 is 10.2 Å². The predicted octanol–water partition coefficient (Wildman–Crippen LogP) is 1.45. The zero-order valence-corrected chi connectivity index (χ0v) is 12.5. The third-order valence-electron chi connectivity index (χ3n) is 3.73. The highest BCUT2D eigenvalue weighted by atomic mass is 79.9. The van der Waals surface area contributed by atoms with Gasteiger partial charge in [-0.05, 0) is 25.2 Å². The van der Waals surface area contributed by atoms with Gasteiger partial charge in [-0.25, -0.2) is 9.97 Å². The van der Waals surface area contributed by atoms with Crippen molar-refractivity contribution >= 4 is 38.4 Å². The van der Waals surface area contributed by atoms with E-state index in [9.17, 15) is 0 Å². The maximum Gasteiger partial charge on any atom is 0.229 e. The van der Waals surface area contributed by atoms with Gasteiger partial charge < -0.3 is 10.2 Å². The molecule has 1 fully saturated rings. The number of nitrogens with zero attached hydrogens (tertiary/aromatic N) is 5. The molecule has 20 heavy (non-hydrogen) atoms. The molecule has 102 valence electrons. The Hall–Kier alpha value is -1.73. The monoisotopic (exact) mass is 332 g/mol. The van der Waals surface area contributed by atoms with Crippen molar-refractivity contribution in [2.75, 3.05) is 25.0 Å². The summed E-state index contributed by atoms with van der Waals surface area (Å²) in [6.07, 6.45) is 1.58. The number of fused-ring (bicyclic) bond motifs is 3. The molecule has 0 unspecified atom stereocenters. The van der Waals surface area contributed by atoms with Gasteiger partial charge in [-0.2, -0.15) is 9.61 Å². The average molecular weight is 333 g/mol. The fraction of sp³-hybridized carbons (Fsp3) is 0.308. The first-order valence-corrected chi connectivity index (χ1v) is 7.27. The number of likely N-dealkylation sites (N-methyl/N-ethyl adjacent to an activating group) is 1. The molecular formula is C13H13BrN6. The second kappa shape index (κ2) is 4.39. The van der Waals surface area contributed by atoms with Crippen LogP contribution in [0.4, 0.5) is 5.95 Å². The van der Waals surface area contributed by atoms with Crippen molar-refractivity contribution in [2.45, 2.75) is 6.04 Å². The summed E-state index contributed by atoms with van der Waals surface area (Å²) in [6.45, 7) is 1.89. The number of aromatic nitrogens is 4. The molecule has 0 spiro atoms. The van der Waals surface area contributed by atoms with Crippen molar-refractivity contribution in [3.63, 3.8) is 0 Å². The molecule has 0 atom stereocenters. The van der Waals surface area contributed by atoms with E-state index in [1.54, 1.807) is 6.33 Å². The van der Waals surface area contributed by atoms with Crippen LogP contribution in [0.5, 0.6) is 0 Å². The molecule has 6 nitrogen and oxygen atoms in total. The molecule has 4 rings (SSSR count). The van der Waals surface area contributed by atoms with Crippen molar-refractivity contribution in [1.29, 1.82) is 0 Å². The Kier molecular flexibility index (Phi) is 2.64. The van der Waals surface area contributed by atoms with Crippen molar-refractivity contribution in [3.05, 3.63) is 29.0 Å². The first-order valence-electron chi connectivity index (χ1n) is 6.47. The number of benzene rings is 1. The van der Waals surface area contributed by atoms with Crippen LogP contribution in [0.1, 0.15) is 0 Å². The zero-order chi connectivity index (χ0) is 13.7. The maximum absolute atomic E-state index is 4.75. The van der Waals surface area contributed by atoms with Gasteiger partial charge >= 0.3 is 0 Å². The minimum Gasteiger partial charge on any atom is -0.337 e. The highest BCUT2D eigenvalue weighted by Crippen LogP contribution is 2.26. The standard InChI is InChI=1S/C13H13BrN6/c1-15-9-5-19(6-9)13-18-11-3-2-8(14)4-10(11)12-16-7-17-20(12)13/h2-4,7,9,15H,5-6H2,1H3. The topological polar surface area (TPSA) is 58.3 Å². The van der Waals surface area contributed by atoms with E-state index in [4.69, 9.17) is 4.98 Å². The number of nitrogens with one attached hydrogen (secondary N) is 1. The first kappa shape index (κ1) is 12.0. The highest BCUT2D eigenvalue weighted by Gasteiger charge is 2.29. The van der Waals surface area contributed by atoms with E-state index in [0.717, 1.165) is 40.1 Å². The van der Waals surface area contributed by atoms with E-state index < -0.39 is 0 Å². The Morgan fingerprint density at radius 1 is 1.35 bits per heavy atom. The molecule has 1 saturated heterocycles. The lowest BCUT2D eigenvalue weighted by atomic mass is 10.1. The predicted molar refractivity (Wildman–Crippen MR) is 81.0 cm³/mol. The van der Waals surface area contributed by atoms with E-state index in [1.165, 1.54) is 0 Å². The Balaban J connectivity index is 1.91. The molecule has 3 aromatic rings. The third-order valence-corrected chi connectivity index (χ3v) is 4.22. The van der Waals surface area contributed by atoms with Crippen LogP contribution in [0, 0.1) is 0 Å². The van der Waals surface area contributed by atoms with Crippen LogP contribution in [-0.4, -0.2) is 45.8 Å². The Bertz CT molecular complexity index is 792. The average Bonchev–Trinajstić information content (AvgIpc) is 2.87. The summed E-state index contributed by atoms with van der Waals surface area (Å²) in [5.74, 6) is 0.860. The van der Waals surface area contributed by atoms with E-state index in [1.807, 2.05) is 29.8 Å². The smallest absolute Gasteiger partial charge is 0.229 e. The van der Waals surface area contributed by atoms with Crippen LogP contribution in [0.25, 0.3) is 16.6 Å². The molecule has 0 aliphatic carbocycles. The Morgan fingerprint density at radius 2 is 2.20 bits per heavy atom. The normalized spacial score (nSPS) is 16.0. The second-order valence-electron chi connectivity index (χ2n) is 4.96. The van der Waals surface area contributed by atoms with Crippen molar-refractivity contribution in [2.24, 2.45) is 0 Å². The first-order chi connectivity index (χ1) is 9.76. The number of anilines is 1. The minimum atomic E-state index is 0.524. The second-order valence-corrected chi connectivity index (χ2v) is 5.87. The summed E-state index contributed by atoms with van der Waals surface area (Å²) in [5, 5.41) is 8.59. The Morgan fingerprint density at radius 3 is 3.00 bits per heavy atom. The lowest BCUT2D eigenvalue weighted by Gasteiger charge is -2.39. The minimum absolute atomic E-state index is 0.524. The van der Waals surface area contributed by atoms with Crippen molar-refractivity contribution in [3.8, 4) is 0 Å². The van der Waals surface area contributed by atoms with Gasteiger partial charge in [-0.1, -0.05) is 15.9 Å². The van der Waals surface area contributed by atoms with Crippen LogP contribution in [0.2, 0.25) is 0 Å². The molecule has 1 aliphatic rings. The van der Waals surface area contributed by atoms with Crippen LogP contribution in [-0.2, 0) is 0 Å². The largest absolute Gasteiger partial charge is 0.337 e. The Labute approximate surface area is 123 Å². The van der Waals surface area contributed by atoms with E-state index in [0.29, 0.717) is 6.04 Å². The van der Waals surface area contributed by atoms with Gasteiger partial charge in [0.25, 0.3) is 0 Å². The molecule has 1 aromatic carbocycles. The van der Waals surface area contributed by atoms with Gasteiger partial charge in [-0.15, -0.1) is 0 Å².